The third-order valence-corrected chi connectivity index (χ3v) is 8.31. The first-order chi connectivity index (χ1) is 22.2. The van der Waals surface area contributed by atoms with Gasteiger partial charge in [0.1, 0.15) is 11.5 Å². The minimum atomic E-state index is 0.826. The van der Waals surface area contributed by atoms with Crippen molar-refractivity contribution in [3.8, 4) is 22.6 Å². The van der Waals surface area contributed by atoms with Crippen LogP contribution in [0.5, 0.6) is 11.5 Å². The highest BCUT2D eigenvalue weighted by atomic mass is 16.5. The molecule has 0 heterocycles. The number of hydrogen-bond donors (Lipinski definition) is 0. The molecule has 0 aliphatic heterocycles. The average Bonchev–Trinajstić information content (AvgIpc) is 3.11. The molecule has 0 bridgehead atoms. The van der Waals surface area contributed by atoms with E-state index in [1.807, 2.05) is 24.3 Å². The zero-order valence-corrected chi connectivity index (χ0v) is 25.4. The van der Waals surface area contributed by atoms with Crippen molar-refractivity contribution in [2.24, 2.45) is 0 Å². The smallest absolute Gasteiger partial charge is 0.119 e. The highest BCUT2D eigenvalue weighted by molar-refractivity contribution is 6.07. The molecule has 7 aromatic carbocycles. The molecule has 7 aromatic rings. The van der Waals surface area contributed by atoms with Crippen LogP contribution in [0, 0.1) is 0 Å². The molecule has 0 aliphatic rings. The van der Waals surface area contributed by atoms with E-state index in [1.165, 1.54) is 38.2 Å². The van der Waals surface area contributed by atoms with Crippen LogP contribution in [-0.4, -0.2) is 14.2 Å². The van der Waals surface area contributed by atoms with Crippen LogP contribution in [0.4, 0.5) is 17.1 Å². The molecule has 0 unspecified atom stereocenters. The van der Waals surface area contributed by atoms with Crippen LogP contribution >= 0.6 is 0 Å². The Morgan fingerprint density at radius 3 is 1.56 bits per heavy atom. The van der Waals surface area contributed by atoms with Crippen molar-refractivity contribution < 1.29 is 9.47 Å². The van der Waals surface area contributed by atoms with Crippen molar-refractivity contribution in [2.45, 2.75) is 0 Å². The van der Waals surface area contributed by atoms with E-state index in [0.29, 0.717) is 0 Å². The first-order valence-corrected chi connectivity index (χ1v) is 15.1. The van der Waals surface area contributed by atoms with Crippen molar-refractivity contribution in [1.29, 1.82) is 0 Å². The molecule has 0 N–H and O–H groups in total. The summed E-state index contributed by atoms with van der Waals surface area (Å²) in [5.41, 5.74) is 7.98. The number of ether oxygens (including phenoxy) is 2. The SMILES string of the molecule is COc1ccc(N(c2ccc(C=Cc3ccc(-c4cccc5ccccc45)c4ccccc34)cc2)c2ccc(OC)cc2)cc1. The predicted molar refractivity (Wildman–Crippen MR) is 190 cm³/mol. The van der Waals surface area contributed by atoms with Crippen molar-refractivity contribution in [3.63, 3.8) is 0 Å². The molecule has 0 amide bonds. The lowest BCUT2D eigenvalue weighted by molar-refractivity contribution is 0.415. The molecule has 7 rings (SSSR count). The number of methoxy groups -OCH3 is 2. The van der Waals surface area contributed by atoms with Gasteiger partial charge in [0.2, 0.25) is 0 Å². The Kier molecular flexibility index (Phi) is 7.74. The van der Waals surface area contributed by atoms with Crippen LogP contribution in [0.2, 0.25) is 0 Å². The second-order valence-corrected chi connectivity index (χ2v) is 10.9. The summed E-state index contributed by atoms with van der Waals surface area (Å²) in [6.07, 6.45) is 4.41. The molecule has 0 atom stereocenters. The summed E-state index contributed by atoms with van der Waals surface area (Å²) >= 11 is 0. The summed E-state index contributed by atoms with van der Waals surface area (Å²) in [7, 11) is 3.37. The van der Waals surface area contributed by atoms with E-state index in [-0.39, 0.29) is 0 Å². The number of fused-ring (bicyclic) bond motifs is 2. The van der Waals surface area contributed by atoms with E-state index in [4.69, 9.17) is 9.47 Å². The average molecular weight is 584 g/mol. The standard InChI is InChI=1S/C42H33NO2/c1-44-36-25-21-34(22-26-36)43(35-23-27-37(45-2)28-24-35)33-19-15-30(16-20-33)14-17-32-18-29-42(40-12-6-5-11-39(32)40)41-13-7-9-31-8-3-4-10-38(31)41/h3-29H,1-2H3. The lowest BCUT2D eigenvalue weighted by atomic mass is 9.92. The largest absolute Gasteiger partial charge is 0.497 e. The van der Waals surface area contributed by atoms with Gasteiger partial charge < -0.3 is 14.4 Å². The summed E-state index contributed by atoms with van der Waals surface area (Å²) in [4.78, 5) is 2.23. The molecule has 0 fully saturated rings. The summed E-state index contributed by atoms with van der Waals surface area (Å²) in [6.45, 7) is 0. The van der Waals surface area contributed by atoms with E-state index in [0.717, 1.165) is 34.1 Å². The first kappa shape index (κ1) is 28.0. The van der Waals surface area contributed by atoms with Crippen molar-refractivity contribution in [1.82, 2.24) is 0 Å². The molecule has 0 saturated heterocycles. The second kappa shape index (κ2) is 12.4. The minimum absolute atomic E-state index is 0.826. The number of nitrogens with zero attached hydrogens (tertiary/aromatic N) is 1. The van der Waals surface area contributed by atoms with Crippen LogP contribution in [-0.2, 0) is 0 Å². The monoisotopic (exact) mass is 583 g/mol. The van der Waals surface area contributed by atoms with E-state index in [9.17, 15) is 0 Å². The fourth-order valence-corrected chi connectivity index (χ4v) is 5.99. The first-order valence-electron chi connectivity index (χ1n) is 15.1. The number of benzene rings is 7. The Bertz CT molecular complexity index is 2060. The molecule has 0 aromatic heterocycles. The number of rotatable bonds is 8. The van der Waals surface area contributed by atoms with Crippen LogP contribution in [0.25, 0.3) is 44.8 Å². The van der Waals surface area contributed by atoms with Gasteiger partial charge in [-0.2, -0.15) is 0 Å². The van der Waals surface area contributed by atoms with Gasteiger partial charge in [0.15, 0.2) is 0 Å². The van der Waals surface area contributed by atoms with Gasteiger partial charge in [0.05, 0.1) is 14.2 Å². The fourth-order valence-electron chi connectivity index (χ4n) is 5.99. The lowest BCUT2D eigenvalue weighted by Gasteiger charge is -2.26. The second-order valence-electron chi connectivity index (χ2n) is 10.9. The number of hydrogen-bond acceptors (Lipinski definition) is 3. The molecule has 218 valence electrons. The van der Waals surface area contributed by atoms with Crippen LogP contribution < -0.4 is 14.4 Å². The number of anilines is 3. The maximum Gasteiger partial charge on any atom is 0.119 e. The summed E-state index contributed by atoms with van der Waals surface area (Å²) in [6, 6.07) is 53.2. The predicted octanol–water partition coefficient (Wildman–Crippen LogP) is 11.3. The van der Waals surface area contributed by atoms with E-state index in [2.05, 4.69) is 144 Å². The lowest BCUT2D eigenvalue weighted by Crippen LogP contribution is -2.09. The third kappa shape index (κ3) is 5.64. The van der Waals surface area contributed by atoms with Crippen LogP contribution in [0.15, 0.2) is 152 Å². The molecule has 0 spiro atoms. The Morgan fingerprint density at radius 2 is 0.933 bits per heavy atom. The highest BCUT2D eigenvalue weighted by Gasteiger charge is 2.13. The molecular weight excluding hydrogens is 550 g/mol. The van der Waals surface area contributed by atoms with Crippen molar-refractivity contribution in [2.75, 3.05) is 19.1 Å². The maximum absolute atomic E-state index is 5.40. The van der Waals surface area contributed by atoms with Gasteiger partial charge in [0, 0.05) is 17.1 Å². The van der Waals surface area contributed by atoms with E-state index in [1.54, 1.807) is 14.2 Å². The van der Waals surface area contributed by atoms with Gasteiger partial charge in [-0.1, -0.05) is 103 Å². The van der Waals surface area contributed by atoms with E-state index >= 15 is 0 Å². The zero-order valence-electron chi connectivity index (χ0n) is 25.4. The van der Waals surface area contributed by atoms with Gasteiger partial charge in [0.25, 0.3) is 0 Å². The summed E-state index contributed by atoms with van der Waals surface area (Å²) in [5, 5.41) is 5.01. The molecule has 0 saturated carbocycles. The topological polar surface area (TPSA) is 21.7 Å². The molecule has 3 nitrogen and oxygen atoms in total. The summed E-state index contributed by atoms with van der Waals surface area (Å²) in [5.74, 6) is 1.65. The molecule has 45 heavy (non-hydrogen) atoms. The zero-order chi connectivity index (χ0) is 30.6. The molecule has 3 heteroatoms. The Morgan fingerprint density at radius 1 is 0.422 bits per heavy atom. The Balaban J connectivity index is 1.21. The van der Waals surface area contributed by atoms with Crippen molar-refractivity contribution >= 4 is 50.8 Å². The quantitative estimate of drug-likeness (QED) is 0.166. The van der Waals surface area contributed by atoms with Gasteiger partial charge in [-0.05, 0) is 104 Å². The van der Waals surface area contributed by atoms with Gasteiger partial charge in [-0.3, -0.25) is 0 Å². The fraction of sp³-hybridized carbons (Fsp3) is 0.0476. The molecule has 0 radical (unpaired) electrons. The maximum atomic E-state index is 5.40. The third-order valence-electron chi connectivity index (χ3n) is 8.31. The van der Waals surface area contributed by atoms with Gasteiger partial charge >= 0.3 is 0 Å². The summed E-state index contributed by atoms with van der Waals surface area (Å²) < 4.78 is 10.8. The minimum Gasteiger partial charge on any atom is -0.497 e. The van der Waals surface area contributed by atoms with Crippen LogP contribution in [0.3, 0.4) is 0 Å². The van der Waals surface area contributed by atoms with E-state index < -0.39 is 0 Å². The van der Waals surface area contributed by atoms with Gasteiger partial charge in [-0.15, -0.1) is 0 Å². The van der Waals surface area contributed by atoms with Gasteiger partial charge in [-0.25, -0.2) is 0 Å². The van der Waals surface area contributed by atoms with Crippen molar-refractivity contribution in [3.05, 3.63) is 163 Å². The Hall–Kier alpha value is -5.80. The molecular formula is C42H33NO2. The Labute approximate surface area is 264 Å². The van der Waals surface area contributed by atoms with Crippen LogP contribution in [0.1, 0.15) is 11.1 Å². The highest BCUT2D eigenvalue weighted by Crippen LogP contribution is 2.38. The molecule has 0 aliphatic carbocycles. The normalized spacial score (nSPS) is 11.2.